The molecular formula is C19H22ClN3O. The van der Waals surface area contributed by atoms with Crippen molar-refractivity contribution in [1.82, 2.24) is 15.1 Å². The third-order valence-electron chi connectivity index (χ3n) is 3.60. The van der Waals surface area contributed by atoms with E-state index in [2.05, 4.69) is 33.3 Å². The maximum absolute atomic E-state index is 5.77. The number of aromatic amines is 1. The number of H-pyrrole nitrogens is 1. The number of fused-ring (bicyclic) bond motifs is 1. The number of para-hydroxylation sites is 1. The van der Waals surface area contributed by atoms with Gasteiger partial charge >= 0.3 is 0 Å². The van der Waals surface area contributed by atoms with Crippen LogP contribution in [0.5, 0.6) is 5.75 Å². The molecule has 0 unspecified atom stereocenters. The monoisotopic (exact) mass is 343 g/mol. The fraction of sp³-hybridized carbons (Fsp3) is 0.211. The minimum absolute atomic E-state index is 0. The fourth-order valence-electron chi connectivity index (χ4n) is 2.34. The van der Waals surface area contributed by atoms with Gasteiger partial charge in [0, 0.05) is 11.9 Å². The second-order valence-corrected chi connectivity index (χ2v) is 5.71. The van der Waals surface area contributed by atoms with Crippen LogP contribution in [0, 0.1) is 0 Å². The van der Waals surface area contributed by atoms with E-state index in [1.54, 1.807) is 0 Å². The zero-order valence-corrected chi connectivity index (χ0v) is 14.7. The molecule has 3 rings (SSSR count). The van der Waals surface area contributed by atoms with Crippen LogP contribution in [0.2, 0.25) is 0 Å². The summed E-state index contributed by atoms with van der Waals surface area (Å²) >= 11 is 0. The molecule has 4 nitrogen and oxygen atoms in total. The second kappa shape index (κ2) is 8.52. The third-order valence-corrected chi connectivity index (χ3v) is 3.60. The summed E-state index contributed by atoms with van der Waals surface area (Å²) in [5, 5.41) is 8.52. The number of ether oxygens (including phenoxy) is 1. The first-order chi connectivity index (χ1) is 11.2. The Kier molecular flexibility index (Phi) is 6.41. The van der Waals surface area contributed by atoms with Gasteiger partial charge in [0.05, 0.1) is 11.2 Å². The smallest absolute Gasteiger partial charge is 0.119 e. The van der Waals surface area contributed by atoms with Crippen molar-refractivity contribution < 1.29 is 4.74 Å². The van der Waals surface area contributed by atoms with Gasteiger partial charge in [0.2, 0.25) is 0 Å². The minimum Gasteiger partial charge on any atom is -0.492 e. The van der Waals surface area contributed by atoms with E-state index in [-0.39, 0.29) is 12.4 Å². The molecule has 0 atom stereocenters. The van der Waals surface area contributed by atoms with Crippen molar-refractivity contribution in [2.75, 3.05) is 27.2 Å². The molecule has 1 aromatic heterocycles. The van der Waals surface area contributed by atoms with Crippen LogP contribution >= 0.6 is 12.4 Å². The van der Waals surface area contributed by atoms with Gasteiger partial charge in [-0.3, -0.25) is 5.10 Å². The highest BCUT2D eigenvalue weighted by molar-refractivity contribution is 5.89. The zero-order valence-electron chi connectivity index (χ0n) is 13.9. The molecule has 1 N–H and O–H groups in total. The van der Waals surface area contributed by atoms with Crippen molar-refractivity contribution >= 4 is 35.5 Å². The summed E-state index contributed by atoms with van der Waals surface area (Å²) in [4.78, 5) is 2.10. The number of nitrogens with zero attached hydrogens (tertiary/aromatic N) is 2. The Balaban J connectivity index is 0.00000208. The maximum Gasteiger partial charge on any atom is 0.119 e. The number of benzene rings is 2. The molecule has 2 aromatic carbocycles. The topological polar surface area (TPSA) is 41.1 Å². The third kappa shape index (κ3) is 4.60. The normalized spacial score (nSPS) is 11.1. The van der Waals surface area contributed by atoms with Crippen molar-refractivity contribution in [3.05, 3.63) is 59.8 Å². The summed E-state index contributed by atoms with van der Waals surface area (Å²) in [5.74, 6) is 0.890. The number of halogens is 1. The number of aromatic nitrogens is 2. The SMILES string of the molecule is CN(C)CCOc1cccc(C=Cc2n[nH]c3ccccc23)c1.Cl. The average molecular weight is 344 g/mol. The Labute approximate surface area is 148 Å². The number of hydrogen-bond donors (Lipinski definition) is 1. The highest BCUT2D eigenvalue weighted by atomic mass is 35.5. The Morgan fingerprint density at radius 2 is 1.92 bits per heavy atom. The molecule has 0 aliphatic rings. The van der Waals surface area contributed by atoms with E-state index in [4.69, 9.17) is 4.74 Å². The Morgan fingerprint density at radius 1 is 1.08 bits per heavy atom. The molecular weight excluding hydrogens is 322 g/mol. The number of nitrogens with one attached hydrogen (secondary N) is 1. The van der Waals surface area contributed by atoms with Crippen LogP contribution in [0.4, 0.5) is 0 Å². The number of hydrogen-bond acceptors (Lipinski definition) is 3. The number of rotatable bonds is 6. The van der Waals surface area contributed by atoms with Gasteiger partial charge in [0.15, 0.2) is 0 Å². The lowest BCUT2D eigenvalue weighted by Gasteiger charge is -2.11. The first kappa shape index (κ1) is 18.0. The van der Waals surface area contributed by atoms with Crippen LogP contribution in [0.3, 0.4) is 0 Å². The first-order valence-electron chi connectivity index (χ1n) is 7.71. The summed E-state index contributed by atoms with van der Waals surface area (Å²) < 4.78 is 5.77. The van der Waals surface area contributed by atoms with Gasteiger partial charge in [0.1, 0.15) is 12.4 Å². The molecule has 5 heteroatoms. The molecule has 0 spiro atoms. The minimum atomic E-state index is 0. The maximum atomic E-state index is 5.77. The van der Waals surface area contributed by atoms with Gasteiger partial charge in [-0.1, -0.05) is 36.4 Å². The predicted octanol–water partition coefficient (Wildman–Crippen LogP) is 4.10. The van der Waals surface area contributed by atoms with Crippen molar-refractivity contribution in [2.24, 2.45) is 0 Å². The average Bonchev–Trinajstić information content (AvgIpc) is 2.96. The highest BCUT2D eigenvalue weighted by Gasteiger charge is 2.01. The predicted molar refractivity (Wildman–Crippen MR) is 103 cm³/mol. The lowest BCUT2D eigenvalue weighted by atomic mass is 10.1. The standard InChI is InChI=1S/C19H21N3O.ClH/c1-22(2)12-13-23-16-7-5-6-15(14-16)10-11-19-17-8-3-4-9-18(17)20-21-19;/h3-11,14H,12-13H2,1-2H3,(H,20,21);1H. The lowest BCUT2D eigenvalue weighted by Crippen LogP contribution is -2.19. The molecule has 0 fully saturated rings. The lowest BCUT2D eigenvalue weighted by molar-refractivity contribution is 0.261. The van der Waals surface area contributed by atoms with Crippen molar-refractivity contribution in [3.8, 4) is 5.75 Å². The van der Waals surface area contributed by atoms with Crippen LogP contribution in [-0.2, 0) is 0 Å². The van der Waals surface area contributed by atoms with E-state index in [9.17, 15) is 0 Å². The van der Waals surface area contributed by atoms with Crippen LogP contribution < -0.4 is 4.74 Å². The molecule has 0 saturated heterocycles. The molecule has 0 radical (unpaired) electrons. The molecule has 0 saturated carbocycles. The molecule has 3 aromatic rings. The highest BCUT2D eigenvalue weighted by Crippen LogP contribution is 2.19. The van der Waals surface area contributed by atoms with Gasteiger partial charge in [-0.15, -0.1) is 12.4 Å². The molecule has 0 aliphatic carbocycles. The quantitative estimate of drug-likeness (QED) is 0.732. The molecule has 1 heterocycles. The molecule has 0 bridgehead atoms. The van der Waals surface area contributed by atoms with Crippen LogP contribution in [0.25, 0.3) is 23.1 Å². The molecule has 126 valence electrons. The van der Waals surface area contributed by atoms with Crippen molar-refractivity contribution in [1.29, 1.82) is 0 Å². The van der Waals surface area contributed by atoms with Crippen LogP contribution in [0.1, 0.15) is 11.3 Å². The van der Waals surface area contributed by atoms with Crippen molar-refractivity contribution in [3.63, 3.8) is 0 Å². The van der Waals surface area contributed by atoms with E-state index in [0.717, 1.165) is 34.5 Å². The summed E-state index contributed by atoms with van der Waals surface area (Å²) in [6, 6.07) is 16.2. The summed E-state index contributed by atoms with van der Waals surface area (Å²) in [7, 11) is 4.08. The van der Waals surface area contributed by atoms with E-state index in [1.165, 1.54) is 0 Å². The van der Waals surface area contributed by atoms with E-state index in [0.29, 0.717) is 6.61 Å². The van der Waals surface area contributed by atoms with Gasteiger partial charge in [0.25, 0.3) is 0 Å². The van der Waals surface area contributed by atoms with E-state index < -0.39 is 0 Å². The fourth-order valence-corrected chi connectivity index (χ4v) is 2.34. The van der Waals surface area contributed by atoms with Gasteiger partial charge in [-0.25, -0.2) is 0 Å². The first-order valence-corrected chi connectivity index (χ1v) is 7.71. The van der Waals surface area contributed by atoms with Crippen molar-refractivity contribution in [2.45, 2.75) is 0 Å². The largest absolute Gasteiger partial charge is 0.492 e. The Morgan fingerprint density at radius 3 is 2.75 bits per heavy atom. The van der Waals surface area contributed by atoms with E-state index in [1.807, 2.05) is 56.6 Å². The van der Waals surface area contributed by atoms with Crippen LogP contribution in [0.15, 0.2) is 48.5 Å². The van der Waals surface area contributed by atoms with Crippen LogP contribution in [-0.4, -0.2) is 42.3 Å². The Bertz CT molecular complexity index is 811. The second-order valence-electron chi connectivity index (χ2n) is 5.71. The summed E-state index contributed by atoms with van der Waals surface area (Å²) in [6.45, 7) is 1.59. The number of likely N-dealkylation sites (N-methyl/N-ethyl adjacent to an activating group) is 1. The van der Waals surface area contributed by atoms with Gasteiger partial charge in [-0.2, -0.15) is 5.10 Å². The van der Waals surface area contributed by atoms with Gasteiger partial charge in [-0.05, 0) is 43.9 Å². The zero-order chi connectivity index (χ0) is 16.1. The Hall–Kier alpha value is -2.30. The molecule has 0 amide bonds. The summed E-state index contributed by atoms with van der Waals surface area (Å²) in [5.41, 5.74) is 3.09. The van der Waals surface area contributed by atoms with Gasteiger partial charge < -0.3 is 9.64 Å². The molecule has 0 aliphatic heterocycles. The molecule has 24 heavy (non-hydrogen) atoms. The van der Waals surface area contributed by atoms with E-state index >= 15 is 0 Å². The summed E-state index contributed by atoms with van der Waals surface area (Å²) in [6.07, 6.45) is 4.08.